The first-order chi connectivity index (χ1) is 18.5. The Bertz CT molecular complexity index is 1130. The average Bonchev–Trinajstić information content (AvgIpc) is 2.94. The second kappa shape index (κ2) is 13.7. The summed E-state index contributed by atoms with van der Waals surface area (Å²) in [6, 6.07) is 16.2. The number of β-amino-alcohol motifs (C(OH)–C–C–N with tert-alkyl or cyclic N) is 1. The van der Waals surface area contributed by atoms with Crippen molar-refractivity contribution >= 4 is 17.4 Å². The van der Waals surface area contributed by atoms with Crippen LogP contribution in [0.25, 0.3) is 0 Å². The molecule has 202 valence electrons. The zero-order valence-corrected chi connectivity index (χ0v) is 22.3. The lowest BCUT2D eigenvalue weighted by Crippen LogP contribution is -2.51. The highest BCUT2D eigenvalue weighted by Crippen LogP contribution is 2.31. The Kier molecular flexibility index (Phi) is 10.1. The number of aliphatic hydroxyl groups is 1. The number of para-hydroxylation sites is 1. The molecule has 2 aromatic rings. The fourth-order valence-corrected chi connectivity index (χ4v) is 5.32. The molecule has 1 unspecified atom stereocenters. The zero-order chi connectivity index (χ0) is 26.8. The van der Waals surface area contributed by atoms with Gasteiger partial charge in [0.2, 0.25) is 5.91 Å². The van der Waals surface area contributed by atoms with Crippen molar-refractivity contribution in [3.05, 3.63) is 65.7 Å². The number of hydrogen-bond acceptors (Lipinski definition) is 6. The summed E-state index contributed by atoms with van der Waals surface area (Å²) in [5.41, 5.74) is 1.19. The number of rotatable bonds is 10. The van der Waals surface area contributed by atoms with E-state index in [1.807, 2.05) is 31.2 Å². The number of carbonyl (C=O) groups excluding carboxylic acids is 2. The van der Waals surface area contributed by atoms with Gasteiger partial charge in [0, 0.05) is 43.9 Å². The van der Waals surface area contributed by atoms with Gasteiger partial charge < -0.3 is 15.2 Å². The van der Waals surface area contributed by atoms with Crippen LogP contribution in [-0.4, -0.2) is 84.2 Å². The lowest BCUT2D eigenvalue weighted by atomic mass is 9.85. The lowest BCUT2D eigenvalue weighted by molar-refractivity contribution is -0.117. The second-order valence-electron chi connectivity index (χ2n) is 10.3. The van der Waals surface area contributed by atoms with Gasteiger partial charge in [0.25, 0.3) is 0 Å². The predicted molar refractivity (Wildman–Crippen MR) is 149 cm³/mol. The summed E-state index contributed by atoms with van der Waals surface area (Å²) >= 11 is 0. The van der Waals surface area contributed by atoms with E-state index in [0.29, 0.717) is 30.0 Å². The molecule has 1 saturated carbocycles. The van der Waals surface area contributed by atoms with Crippen molar-refractivity contribution in [2.45, 2.75) is 50.7 Å². The first-order valence-corrected chi connectivity index (χ1v) is 13.7. The van der Waals surface area contributed by atoms with Crippen LogP contribution in [0.4, 0.5) is 5.69 Å². The minimum atomic E-state index is -0.569. The Morgan fingerprint density at radius 1 is 0.974 bits per heavy atom. The Morgan fingerprint density at radius 2 is 1.63 bits per heavy atom. The van der Waals surface area contributed by atoms with Crippen LogP contribution in [0.1, 0.15) is 54.9 Å². The van der Waals surface area contributed by atoms with Gasteiger partial charge in [-0.25, -0.2) is 0 Å². The average molecular weight is 518 g/mol. The van der Waals surface area contributed by atoms with E-state index in [1.54, 1.807) is 30.3 Å². The van der Waals surface area contributed by atoms with Crippen molar-refractivity contribution in [3.63, 3.8) is 0 Å². The molecule has 0 aromatic heterocycles. The van der Waals surface area contributed by atoms with Crippen molar-refractivity contribution in [3.8, 4) is 11.8 Å². The van der Waals surface area contributed by atoms with Crippen molar-refractivity contribution in [1.29, 1.82) is 0 Å². The molecule has 38 heavy (non-hydrogen) atoms. The molecule has 2 fully saturated rings. The maximum atomic E-state index is 12.9. The van der Waals surface area contributed by atoms with Crippen LogP contribution in [0.15, 0.2) is 54.6 Å². The van der Waals surface area contributed by atoms with E-state index in [2.05, 4.69) is 27.0 Å². The molecule has 4 rings (SSSR count). The topological polar surface area (TPSA) is 82.1 Å². The Balaban J connectivity index is 1.22. The molecule has 0 bridgehead atoms. The molecule has 0 spiro atoms. The molecular weight excluding hydrogens is 478 g/mol. The van der Waals surface area contributed by atoms with Gasteiger partial charge >= 0.3 is 0 Å². The summed E-state index contributed by atoms with van der Waals surface area (Å²) in [7, 11) is 0. The molecule has 1 heterocycles. The Morgan fingerprint density at radius 3 is 2.34 bits per heavy atom. The summed E-state index contributed by atoms with van der Waals surface area (Å²) in [6.45, 7) is 5.95. The molecule has 2 aromatic carbocycles. The van der Waals surface area contributed by atoms with Gasteiger partial charge in [0.1, 0.15) is 5.60 Å². The first-order valence-electron chi connectivity index (χ1n) is 13.7. The molecule has 2 N–H and O–H groups in total. The van der Waals surface area contributed by atoms with E-state index >= 15 is 0 Å². The van der Waals surface area contributed by atoms with Gasteiger partial charge in [0.15, 0.2) is 5.78 Å². The predicted octanol–water partition coefficient (Wildman–Crippen LogP) is 3.58. The highest BCUT2D eigenvalue weighted by Gasteiger charge is 2.32. The number of benzene rings is 2. The smallest absolute Gasteiger partial charge is 0.238 e. The molecule has 2 aliphatic rings. The number of piperazine rings is 1. The van der Waals surface area contributed by atoms with Gasteiger partial charge in [-0.15, -0.1) is 5.92 Å². The first kappa shape index (κ1) is 28.0. The fourth-order valence-electron chi connectivity index (χ4n) is 5.32. The summed E-state index contributed by atoms with van der Waals surface area (Å²) in [5.74, 6) is 6.01. The minimum absolute atomic E-state index is 0.117. The normalized spacial score (nSPS) is 18.7. The number of aliphatic hydroxyl groups excluding tert-OH is 1. The lowest BCUT2D eigenvalue weighted by Gasteiger charge is -2.36. The van der Waals surface area contributed by atoms with E-state index in [4.69, 9.17) is 4.74 Å². The third-order valence-corrected chi connectivity index (χ3v) is 7.35. The van der Waals surface area contributed by atoms with Crippen LogP contribution in [0.3, 0.4) is 0 Å². The number of ketones is 1. The van der Waals surface area contributed by atoms with E-state index in [-0.39, 0.29) is 18.2 Å². The van der Waals surface area contributed by atoms with E-state index in [1.165, 1.54) is 6.42 Å². The summed E-state index contributed by atoms with van der Waals surface area (Å²) in [5, 5.41) is 13.6. The number of nitrogens with zero attached hydrogens (tertiary/aromatic N) is 2. The molecule has 7 nitrogen and oxygen atoms in total. The van der Waals surface area contributed by atoms with Gasteiger partial charge in [-0.05, 0) is 44.7 Å². The third kappa shape index (κ3) is 7.75. The molecular formula is C31H39N3O4. The number of nitrogens with one attached hydrogen (secondary N) is 1. The molecule has 7 heteroatoms. The molecule has 1 atom stereocenters. The Labute approximate surface area is 226 Å². The van der Waals surface area contributed by atoms with Gasteiger partial charge in [-0.3, -0.25) is 19.4 Å². The van der Waals surface area contributed by atoms with Crippen LogP contribution in [-0.2, 0) is 9.53 Å². The van der Waals surface area contributed by atoms with Crippen LogP contribution in [0.5, 0.6) is 0 Å². The van der Waals surface area contributed by atoms with Crippen molar-refractivity contribution in [2.75, 3.05) is 51.2 Å². The summed E-state index contributed by atoms with van der Waals surface area (Å²) in [4.78, 5) is 30.1. The molecule has 1 amide bonds. The van der Waals surface area contributed by atoms with Gasteiger partial charge in [-0.2, -0.15) is 0 Å². The number of anilines is 1. The molecule has 1 aliphatic heterocycles. The number of ether oxygens (including phenoxy) is 1. The largest absolute Gasteiger partial charge is 0.389 e. The zero-order valence-electron chi connectivity index (χ0n) is 22.3. The molecule has 1 aliphatic carbocycles. The monoisotopic (exact) mass is 517 g/mol. The fraction of sp³-hybridized carbons (Fsp3) is 0.484. The van der Waals surface area contributed by atoms with E-state index in [0.717, 1.165) is 51.9 Å². The van der Waals surface area contributed by atoms with Crippen molar-refractivity contribution in [2.24, 2.45) is 0 Å². The van der Waals surface area contributed by atoms with E-state index < -0.39 is 11.7 Å². The standard InChI is InChI=1S/C31H39N3O4/c1-2-15-31(16-9-4-10-17-31)38-24-26(35)22-33-18-20-34(21-19-33)23-29(36)32-28-14-8-7-13-27(28)30(37)25-11-5-3-6-12-25/h3,5-8,11-14,26,35H,4,9-10,16-24H2,1H3,(H,32,36). The highest BCUT2D eigenvalue weighted by atomic mass is 16.5. The summed E-state index contributed by atoms with van der Waals surface area (Å²) < 4.78 is 6.16. The van der Waals surface area contributed by atoms with Crippen LogP contribution < -0.4 is 5.32 Å². The second-order valence-corrected chi connectivity index (χ2v) is 10.3. The van der Waals surface area contributed by atoms with Crippen molar-refractivity contribution in [1.82, 2.24) is 9.80 Å². The SMILES string of the molecule is CC#CC1(OCC(O)CN2CCN(CC(=O)Nc3ccccc3C(=O)c3ccccc3)CC2)CCCCC1. The maximum absolute atomic E-state index is 12.9. The Hall–Kier alpha value is -3.02. The number of amides is 1. The summed E-state index contributed by atoms with van der Waals surface area (Å²) in [6.07, 6.45) is 4.77. The molecule has 0 radical (unpaired) electrons. The van der Waals surface area contributed by atoms with Crippen LogP contribution in [0.2, 0.25) is 0 Å². The van der Waals surface area contributed by atoms with E-state index in [9.17, 15) is 14.7 Å². The van der Waals surface area contributed by atoms with Gasteiger partial charge in [0.05, 0.1) is 24.9 Å². The maximum Gasteiger partial charge on any atom is 0.238 e. The van der Waals surface area contributed by atoms with Crippen molar-refractivity contribution < 1.29 is 19.4 Å². The molecule has 1 saturated heterocycles. The third-order valence-electron chi connectivity index (χ3n) is 7.35. The highest BCUT2D eigenvalue weighted by molar-refractivity contribution is 6.13. The number of carbonyl (C=O) groups is 2. The van der Waals surface area contributed by atoms with Crippen LogP contribution in [0, 0.1) is 11.8 Å². The van der Waals surface area contributed by atoms with Gasteiger partial charge in [-0.1, -0.05) is 54.8 Å². The minimum Gasteiger partial charge on any atom is -0.389 e. The number of hydrogen-bond donors (Lipinski definition) is 2. The quantitative estimate of drug-likeness (QED) is 0.370. The van der Waals surface area contributed by atoms with Crippen LogP contribution >= 0.6 is 0 Å².